The molecule has 1 aromatic carbocycles. The third kappa shape index (κ3) is 5.31. The lowest BCUT2D eigenvalue weighted by molar-refractivity contribution is -0.137. The summed E-state index contributed by atoms with van der Waals surface area (Å²) in [7, 11) is 0. The lowest BCUT2D eigenvalue weighted by Crippen LogP contribution is -2.23. The maximum atomic E-state index is 12.5. The van der Waals surface area contributed by atoms with Gasteiger partial charge in [0.15, 0.2) is 0 Å². The standard InChI is InChI=1S/C13H9Cl3F3NO/c1-2-3-10(21-11(20)12(14,15)16)8-4-6-9(7-5-8)13(17,18)19/h1,4-7,10,20H,3H2. The lowest BCUT2D eigenvalue weighted by atomic mass is 10.0. The highest BCUT2D eigenvalue weighted by Gasteiger charge is 2.32. The number of hydrogen-bond donors (Lipinski definition) is 1. The van der Waals surface area contributed by atoms with Crippen LogP contribution in [0.15, 0.2) is 24.3 Å². The molecule has 21 heavy (non-hydrogen) atoms. The summed E-state index contributed by atoms with van der Waals surface area (Å²) in [5, 5.41) is 7.47. The van der Waals surface area contributed by atoms with Crippen LogP contribution in [0.1, 0.15) is 23.7 Å². The number of rotatable bonds is 3. The second kappa shape index (κ2) is 6.78. The average molecular weight is 359 g/mol. The van der Waals surface area contributed by atoms with Crippen LogP contribution < -0.4 is 0 Å². The fraction of sp³-hybridized carbons (Fsp3) is 0.308. The van der Waals surface area contributed by atoms with Crippen LogP contribution in [0.3, 0.4) is 0 Å². The molecule has 0 aliphatic carbocycles. The van der Waals surface area contributed by atoms with Gasteiger partial charge in [-0.3, -0.25) is 5.41 Å². The van der Waals surface area contributed by atoms with Crippen molar-refractivity contribution in [1.29, 1.82) is 5.41 Å². The van der Waals surface area contributed by atoms with Crippen LogP contribution in [0.2, 0.25) is 0 Å². The molecule has 0 radical (unpaired) electrons. The minimum Gasteiger partial charge on any atom is -0.469 e. The number of alkyl halides is 6. The SMILES string of the molecule is C#CCC(OC(=N)C(Cl)(Cl)Cl)c1ccc(C(F)(F)F)cc1. The Morgan fingerprint density at radius 2 is 1.76 bits per heavy atom. The highest BCUT2D eigenvalue weighted by molar-refractivity contribution is 6.76. The molecule has 0 amide bonds. The van der Waals surface area contributed by atoms with Crippen LogP contribution in [0.5, 0.6) is 0 Å². The van der Waals surface area contributed by atoms with Crippen molar-refractivity contribution in [2.24, 2.45) is 0 Å². The molecule has 1 aromatic rings. The Hall–Kier alpha value is -1.09. The number of nitrogens with one attached hydrogen (secondary N) is 1. The molecule has 0 bridgehead atoms. The van der Waals surface area contributed by atoms with Gasteiger partial charge in [0.1, 0.15) is 6.10 Å². The molecule has 0 aromatic heterocycles. The Kier molecular flexibility index (Phi) is 5.80. The van der Waals surface area contributed by atoms with E-state index in [0.717, 1.165) is 12.1 Å². The molecule has 0 fully saturated rings. The van der Waals surface area contributed by atoms with E-state index >= 15 is 0 Å². The molecule has 0 heterocycles. The van der Waals surface area contributed by atoms with Crippen molar-refractivity contribution in [3.8, 4) is 12.3 Å². The Morgan fingerprint density at radius 1 is 1.24 bits per heavy atom. The van der Waals surface area contributed by atoms with Gasteiger partial charge in [-0.1, -0.05) is 46.9 Å². The maximum Gasteiger partial charge on any atom is 0.416 e. The number of benzene rings is 1. The molecular weight excluding hydrogens is 350 g/mol. The molecule has 1 atom stereocenters. The molecule has 0 saturated carbocycles. The predicted molar refractivity (Wildman–Crippen MR) is 76.7 cm³/mol. The molecule has 114 valence electrons. The number of terminal acetylenes is 1. The summed E-state index contributed by atoms with van der Waals surface area (Å²) in [5.41, 5.74) is -0.456. The van der Waals surface area contributed by atoms with E-state index in [2.05, 4.69) is 5.92 Å². The van der Waals surface area contributed by atoms with E-state index in [1.807, 2.05) is 0 Å². The quantitative estimate of drug-likeness (QED) is 0.345. The molecule has 1 unspecified atom stereocenters. The predicted octanol–water partition coefficient (Wildman–Crippen LogP) is 5.13. The van der Waals surface area contributed by atoms with Crippen LogP contribution in [-0.2, 0) is 10.9 Å². The van der Waals surface area contributed by atoms with Gasteiger partial charge in [0.05, 0.1) is 12.0 Å². The Balaban J connectivity index is 2.97. The maximum absolute atomic E-state index is 12.5. The molecule has 1 rings (SSSR count). The molecular formula is C13H9Cl3F3NO. The van der Waals surface area contributed by atoms with Gasteiger partial charge in [-0.15, -0.1) is 12.3 Å². The number of hydrogen-bond acceptors (Lipinski definition) is 2. The van der Waals surface area contributed by atoms with E-state index in [9.17, 15) is 13.2 Å². The van der Waals surface area contributed by atoms with Crippen molar-refractivity contribution >= 4 is 40.7 Å². The van der Waals surface area contributed by atoms with Crippen molar-refractivity contribution in [2.45, 2.75) is 22.5 Å². The third-order valence-electron chi connectivity index (χ3n) is 2.43. The van der Waals surface area contributed by atoms with Gasteiger partial charge in [-0.05, 0) is 17.7 Å². The first-order chi connectivity index (χ1) is 9.55. The van der Waals surface area contributed by atoms with Gasteiger partial charge in [0, 0.05) is 0 Å². The van der Waals surface area contributed by atoms with Crippen LogP contribution >= 0.6 is 34.8 Å². The highest BCUT2D eigenvalue weighted by Crippen LogP contribution is 2.33. The molecule has 0 saturated heterocycles. The Labute approximate surface area is 134 Å². The zero-order valence-electron chi connectivity index (χ0n) is 10.3. The first-order valence-corrected chi connectivity index (χ1v) is 6.62. The molecule has 8 heteroatoms. The third-order valence-corrected chi connectivity index (χ3v) is 2.95. The lowest BCUT2D eigenvalue weighted by Gasteiger charge is -2.21. The van der Waals surface area contributed by atoms with E-state index in [-0.39, 0.29) is 6.42 Å². The second-order valence-corrected chi connectivity index (χ2v) is 6.24. The number of ether oxygens (including phenoxy) is 1. The molecule has 0 aliphatic rings. The van der Waals surface area contributed by atoms with Gasteiger partial charge in [0.25, 0.3) is 3.79 Å². The minimum atomic E-state index is -4.44. The highest BCUT2D eigenvalue weighted by atomic mass is 35.6. The summed E-state index contributed by atoms with van der Waals surface area (Å²) in [5.74, 6) is 1.64. The van der Waals surface area contributed by atoms with Crippen molar-refractivity contribution in [3.63, 3.8) is 0 Å². The van der Waals surface area contributed by atoms with E-state index in [4.69, 9.17) is 51.4 Å². The van der Waals surface area contributed by atoms with Crippen molar-refractivity contribution < 1.29 is 17.9 Å². The normalized spacial score (nSPS) is 13.4. The Bertz CT molecular complexity index is 544. The van der Waals surface area contributed by atoms with Gasteiger partial charge in [-0.25, -0.2) is 0 Å². The van der Waals surface area contributed by atoms with Crippen LogP contribution in [0.25, 0.3) is 0 Å². The summed E-state index contributed by atoms with van der Waals surface area (Å²) in [6.07, 6.45) is -0.134. The smallest absolute Gasteiger partial charge is 0.416 e. The monoisotopic (exact) mass is 357 g/mol. The van der Waals surface area contributed by atoms with Crippen molar-refractivity contribution in [2.75, 3.05) is 0 Å². The topological polar surface area (TPSA) is 33.1 Å². The zero-order valence-corrected chi connectivity index (χ0v) is 12.6. The fourth-order valence-electron chi connectivity index (χ4n) is 1.43. The van der Waals surface area contributed by atoms with Gasteiger partial charge < -0.3 is 4.74 Å². The summed E-state index contributed by atoms with van der Waals surface area (Å²) in [6, 6.07) is 4.19. The minimum absolute atomic E-state index is 0.00842. The van der Waals surface area contributed by atoms with E-state index < -0.39 is 27.5 Å². The van der Waals surface area contributed by atoms with Gasteiger partial charge >= 0.3 is 6.18 Å². The fourth-order valence-corrected chi connectivity index (χ4v) is 1.56. The number of halogens is 6. The van der Waals surface area contributed by atoms with Crippen molar-refractivity contribution in [1.82, 2.24) is 0 Å². The van der Waals surface area contributed by atoms with E-state index in [1.54, 1.807) is 0 Å². The molecule has 0 aliphatic heterocycles. The van der Waals surface area contributed by atoms with Crippen LogP contribution in [0, 0.1) is 17.8 Å². The molecule has 1 N–H and O–H groups in total. The zero-order chi connectivity index (χ0) is 16.3. The average Bonchev–Trinajstić information content (AvgIpc) is 2.36. The second-order valence-electron chi connectivity index (χ2n) is 3.96. The van der Waals surface area contributed by atoms with Crippen molar-refractivity contribution in [3.05, 3.63) is 35.4 Å². The summed E-state index contributed by atoms with van der Waals surface area (Å²) < 4.78 is 40.5. The molecule has 2 nitrogen and oxygen atoms in total. The first-order valence-electron chi connectivity index (χ1n) is 5.48. The molecule has 0 spiro atoms. The van der Waals surface area contributed by atoms with Gasteiger partial charge in [0.2, 0.25) is 5.90 Å². The van der Waals surface area contributed by atoms with Crippen LogP contribution in [0.4, 0.5) is 13.2 Å². The first kappa shape index (κ1) is 18.0. The summed E-state index contributed by atoms with van der Waals surface area (Å²) >= 11 is 16.4. The van der Waals surface area contributed by atoms with Crippen LogP contribution in [-0.4, -0.2) is 9.69 Å². The Morgan fingerprint density at radius 3 is 2.14 bits per heavy atom. The van der Waals surface area contributed by atoms with Gasteiger partial charge in [-0.2, -0.15) is 13.2 Å². The van der Waals surface area contributed by atoms with E-state index in [1.165, 1.54) is 12.1 Å². The summed E-state index contributed by atoms with van der Waals surface area (Å²) in [4.78, 5) is 0. The summed E-state index contributed by atoms with van der Waals surface area (Å²) in [6.45, 7) is 0. The van der Waals surface area contributed by atoms with E-state index in [0.29, 0.717) is 5.56 Å². The largest absolute Gasteiger partial charge is 0.469 e.